The largest absolute Gasteiger partial charge is 0.481 e. The second-order valence-corrected chi connectivity index (χ2v) is 5.56. The molecular formula is C16H18N2O2S. The molecule has 0 bridgehead atoms. The Balaban J connectivity index is 1.78. The number of amides is 1. The molecule has 1 N–H and O–H groups in total. The number of aryl methyl sites for hydroxylation is 1. The molecule has 0 saturated heterocycles. The van der Waals surface area contributed by atoms with Gasteiger partial charge in [0.25, 0.3) is 0 Å². The van der Waals surface area contributed by atoms with Crippen LogP contribution in [0.2, 0.25) is 0 Å². The van der Waals surface area contributed by atoms with Crippen LogP contribution in [0.3, 0.4) is 0 Å². The van der Waals surface area contributed by atoms with E-state index in [1.54, 1.807) is 31.1 Å². The van der Waals surface area contributed by atoms with Crippen molar-refractivity contribution in [2.75, 3.05) is 12.9 Å². The Hall–Kier alpha value is -2.01. The van der Waals surface area contributed by atoms with Crippen molar-refractivity contribution in [3.05, 3.63) is 53.7 Å². The van der Waals surface area contributed by atoms with Gasteiger partial charge in [-0.1, -0.05) is 24.3 Å². The summed E-state index contributed by atoms with van der Waals surface area (Å²) in [6.07, 6.45) is 1.70. The minimum atomic E-state index is 0.0130. The SMILES string of the molecule is COc1ccc(CNC(=O)CSc2ccccc2C)cn1. The number of carbonyl (C=O) groups excluding carboxylic acids is 1. The van der Waals surface area contributed by atoms with E-state index in [0.29, 0.717) is 18.2 Å². The van der Waals surface area contributed by atoms with Crippen LogP contribution < -0.4 is 10.1 Å². The number of nitrogens with one attached hydrogen (secondary N) is 1. The van der Waals surface area contributed by atoms with Gasteiger partial charge in [0.05, 0.1) is 12.9 Å². The maximum atomic E-state index is 11.8. The summed E-state index contributed by atoms with van der Waals surface area (Å²) in [6.45, 7) is 2.52. The number of carbonyl (C=O) groups is 1. The van der Waals surface area contributed by atoms with Gasteiger partial charge >= 0.3 is 0 Å². The van der Waals surface area contributed by atoms with Crippen LogP contribution in [0.25, 0.3) is 0 Å². The molecule has 0 aliphatic heterocycles. The summed E-state index contributed by atoms with van der Waals surface area (Å²) in [5.41, 5.74) is 2.14. The number of ether oxygens (including phenoxy) is 1. The average molecular weight is 302 g/mol. The predicted octanol–water partition coefficient (Wildman–Crippen LogP) is 2.81. The first-order chi connectivity index (χ1) is 10.2. The zero-order valence-corrected chi connectivity index (χ0v) is 12.9. The van der Waals surface area contributed by atoms with Gasteiger partial charge in [0, 0.05) is 23.7 Å². The minimum absolute atomic E-state index is 0.0130. The molecule has 1 heterocycles. The highest BCUT2D eigenvalue weighted by Gasteiger charge is 2.05. The van der Waals surface area contributed by atoms with Crippen LogP contribution in [0.4, 0.5) is 0 Å². The molecule has 0 fully saturated rings. The topological polar surface area (TPSA) is 51.2 Å². The van der Waals surface area contributed by atoms with Crippen LogP contribution in [-0.2, 0) is 11.3 Å². The highest BCUT2D eigenvalue weighted by molar-refractivity contribution is 8.00. The van der Waals surface area contributed by atoms with Gasteiger partial charge in [-0.25, -0.2) is 4.98 Å². The molecule has 2 aromatic rings. The zero-order valence-electron chi connectivity index (χ0n) is 12.1. The van der Waals surface area contributed by atoms with E-state index < -0.39 is 0 Å². The summed E-state index contributed by atoms with van der Waals surface area (Å²) in [6, 6.07) is 11.7. The van der Waals surface area contributed by atoms with Gasteiger partial charge in [0.2, 0.25) is 11.8 Å². The Morgan fingerprint density at radius 3 is 2.76 bits per heavy atom. The zero-order chi connectivity index (χ0) is 15.1. The van der Waals surface area contributed by atoms with E-state index in [0.717, 1.165) is 10.5 Å². The molecular weight excluding hydrogens is 284 g/mol. The molecule has 21 heavy (non-hydrogen) atoms. The number of methoxy groups -OCH3 is 1. The lowest BCUT2D eigenvalue weighted by atomic mass is 10.2. The van der Waals surface area contributed by atoms with Crippen molar-refractivity contribution in [1.82, 2.24) is 10.3 Å². The summed E-state index contributed by atoms with van der Waals surface area (Å²) < 4.78 is 4.99. The molecule has 1 aromatic heterocycles. The molecule has 2 rings (SSSR count). The first-order valence-electron chi connectivity index (χ1n) is 6.63. The molecule has 0 atom stereocenters. The molecule has 0 unspecified atom stereocenters. The summed E-state index contributed by atoms with van der Waals surface area (Å²) >= 11 is 1.55. The number of thioether (sulfide) groups is 1. The van der Waals surface area contributed by atoms with Gasteiger partial charge in [-0.05, 0) is 24.1 Å². The first-order valence-corrected chi connectivity index (χ1v) is 7.61. The number of hydrogen-bond donors (Lipinski definition) is 1. The van der Waals surface area contributed by atoms with Crippen molar-refractivity contribution in [3.8, 4) is 5.88 Å². The van der Waals surface area contributed by atoms with E-state index in [1.807, 2.05) is 37.3 Å². The third-order valence-electron chi connectivity index (χ3n) is 2.95. The normalized spacial score (nSPS) is 10.2. The highest BCUT2D eigenvalue weighted by Crippen LogP contribution is 2.21. The standard InChI is InChI=1S/C16H18N2O2S/c1-12-5-3-4-6-14(12)21-11-15(19)17-9-13-7-8-16(20-2)18-10-13/h3-8,10H,9,11H2,1-2H3,(H,17,19). The van der Waals surface area contributed by atoms with Crippen LogP contribution >= 0.6 is 11.8 Å². The van der Waals surface area contributed by atoms with Crippen LogP contribution in [0, 0.1) is 6.92 Å². The third kappa shape index (κ3) is 4.79. The number of hydrogen-bond acceptors (Lipinski definition) is 4. The Kier molecular flexibility index (Phi) is 5.63. The molecule has 0 aliphatic carbocycles. The van der Waals surface area contributed by atoms with Crippen molar-refractivity contribution >= 4 is 17.7 Å². The number of pyridine rings is 1. The maximum absolute atomic E-state index is 11.8. The quantitative estimate of drug-likeness (QED) is 0.834. The molecule has 5 heteroatoms. The van der Waals surface area contributed by atoms with Gasteiger partial charge in [0.1, 0.15) is 0 Å². The smallest absolute Gasteiger partial charge is 0.230 e. The maximum Gasteiger partial charge on any atom is 0.230 e. The lowest BCUT2D eigenvalue weighted by Gasteiger charge is -2.07. The van der Waals surface area contributed by atoms with Crippen molar-refractivity contribution in [3.63, 3.8) is 0 Å². The van der Waals surface area contributed by atoms with E-state index in [9.17, 15) is 4.79 Å². The van der Waals surface area contributed by atoms with Gasteiger partial charge < -0.3 is 10.1 Å². The Bertz CT molecular complexity index is 599. The molecule has 4 nitrogen and oxygen atoms in total. The third-order valence-corrected chi connectivity index (χ3v) is 4.12. The fraction of sp³-hybridized carbons (Fsp3) is 0.250. The lowest BCUT2D eigenvalue weighted by Crippen LogP contribution is -2.24. The van der Waals surface area contributed by atoms with E-state index >= 15 is 0 Å². The number of nitrogens with zero attached hydrogens (tertiary/aromatic N) is 1. The van der Waals surface area contributed by atoms with E-state index in [4.69, 9.17) is 4.74 Å². The van der Waals surface area contributed by atoms with Gasteiger partial charge in [-0.2, -0.15) is 0 Å². The van der Waals surface area contributed by atoms with Crippen LogP contribution in [0.1, 0.15) is 11.1 Å². The first kappa shape index (κ1) is 15.4. The molecule has 1 amide bonds. The summed E-state index contributed by atoms with van der Waals surface area (Å²) in [7, 11) is 1.58. The molecule has 0 aliphatic rings. The van der Waals surface area contributed by atoms with Crippen molar-refractivity contribution in [1.29, 1.82) is 0 Å². The molecule has 0 radical (unpaired) electrons. The summed E-state index contributed by atoms with van der Waals surface area (Å²) in [5, 5.41) is 2.89. The second-order valence-electron chi connectivity index (χ2n) is 4.54. The fourth-order valence-corrected chi connectivity index (χ4v) is 2.61. The number of rotatable bonds is 6. The lowest BCUT2D eigenvalue weighted by molar-refractivity contribution is -0.118. The molecule has 0 spiro atoms. The Morgan fingerprint density at radius 2 is 2.10 bits per heavy atom. The Morgan fingerprint density at radius 1 is 1.29 bits per heavy atom. The van der Waals surface area contributed by atoms with E-state index in [2.05, 4.69) is 10.3 Å². The van der Waals surface area contributed by atoms with Gasteiger partial charge in [-0.3, -0.25) is 4.79 Å². The predicted molar refractivity (Wildman–Crippen MR) is 84.5 cm³/mol. The molecule has 1 aromatic carbocycles. The van der Waals surface area contributed by atoms with Crippen molar-refractivity contribution in [2.45, 2.75) is 18.4 Å². The summed E-state index contributed by atoms with van der Waals surface area (Å²) in [4.78, 5) is 17.1. The average Bonchev–Trinajstić information content (AvgIpc) is 2.52. The van der Waals surface area contributed by atoms with Crippen LogP contribution in [0.15, 0.2) is 47.5 Å². The summed E-state index contributed by atoms with van der Waals surface area (Å²) in [5.74, 6) is 0.994. The Labute approximate surface area is 128 Å². The van der Waals surface area contributed by atoms with Crippen molar-refractivity contribution in [2.24, 2.45) is 0 Å². The van der Waals surface area contributed by atoms with Crippen molar-refractivity contribution < 1.29 is 9.53 Å². The molecule has 0 saturated carbocycles. The minimum Gasteiger partial charge on any atom is -0.481 e. The van der Waals surface area contributed by atoms with Gasteiger partial charge in [0.15, 0.2) is 0 Å². The number of benzene rings is 1. The van der Waals surface area contributed by atoms with E-state index in [1.165, 1.54) is 5.56 Å². The highest BCUT2D eigenvalue weighted by atomic mass is 32.2. The van der Waals surface area contributed by atoms with Gasteiger partial charge in [-0.15, -0.1) is 11.8 Å². The molecule has 110 valence electrons. The van der Waals surface area contributed by atoms with E-state index in [-0.39, 0.29) is 5.91 Å². The van der Waals surface area contributed by atoms with Crippen LogP contribution in [-0.4, -0.2) is 23.8 Å². The number of aromatic nitrogens is 1. The van der Waals surface area contributed by atoms with Crippen LogP contribution in [0.5, 0.6) is 5.88 Å². The second kappa shape index (κ2) is 7.69. The fourth-order valence-electron chi connectivity index (χ4n) is 1.75. The monoisotopic (exact) mass is 302 g/mol.